The van der Waals surface area contributed by atoms with Crippen molar-refractivity contribution in [1.82, 2.24) is 5.32 Å². The third-order valence-corrected chi connectivity index (χ3v) is 6.84. The second-order valence-electron chi connectivity index (χ2n) is 6.39. The molecule has 0 aromatic carbocycles. The first-order valence-electron chi connectivity index (χ1n) is 7.71. The summed E-state index contributed by atoms with van der Waals surface area (Å²) >= 11 is 2.23. The maximum absolute atomic E-state index is 3.79. The highest BCUT2D eigenvalue weighted by Crippen LogP contribution is 2.50. The van der Waals surface area contributed by atoms with Crippen molar-refractivity contribution in [3.05, 3.63) is 0 Å². The van der Waals surface area contributed by atoms with Crippen molar-refractivity contribution < 1.29 is 0 Å². The highest BCUT2D eigenvalue weighted by atomic mass is 32.2. The molecule has 5 atom stereocenters. The lowest BCUT2D eigenvalue weighted by molar-refractivity contribution is 0.275. The Kier molecular flexibility index (Phi) is 4.01. The molecule has 3 rings (SSSR count). The average Bonchev–Trinajstić information content (AvgIpc) is 3.06. The van der Waals surface area contributed by atoms with E-state index in [-0.39, 0.29) is 0 Å². The van der Waals surface area contributed by atoms with Crippen molar-refractivity contribution in [2.24, 2.45) is 17.8 Å². The molecular formula is C15H27NS. The number of fused-ring (bicyclic) bond motifs is 2. The van der Waals surface area contributed by atoms with Gasteiger partial charge in [-0.3, -0.25) is 0 Å². The first kappa shape index (κ1) is 12.3. The Hall–Kier alpha value is 0.310. The molecule has 2 aliphatic carbocycles. The van der Waals surface area contributed by atoms with Crippen molar-refractivity contribution in [3.63, 3.8) is 0 Å². The van der Waals surface area contributed by atoms with Gasteiger partial charge < -0.3 is 5.32 Å². The molecule has 3 aliphatic rings. The molecule has 1 saturated heterocycles. The van der Waals surface area contributed by atoms with Crippen LogP contribution < -0.4 is 5.32 Å². The summed E-state index contributed by atoms with van der Waals surface area (Å²) in [5.41, 5.74) is 0. The van der Waals surface area contributed by atoms with E-state index in [1.54, 1.807) is 25.7 Å². The molecule has 0 amide bonds. The van der Waals surface area contributed by atoms with Crippen molar-refractivity contribution >= 4 is 11.8 Å². The van der Waals surface area contributed by atoms with Crippen LogP contribution in [-0.2, 0) is 0 Å². The summed E-state index contributed by atoms with van der Waals surface area (Å²) < 4.78 is 0. The fraction of sp³-hybridized carbons (Fsp3) is 1.00. The maximum Gasteiger partial charge on any atom is 0.0201 e. The standard InChI is InChI=1S/C15H27NS/c1-2-16-14(15-4-3-7-17-15)10-13-9-11-5-6-12(13)8-11/h11-16H,2-10H2,1H3. The van der Waals surface area contributed by atoms with Gasteiger partial charge in [0, 0.05) is 11.3 Å². The first-order valence-corrected chi connectivity index (χ1v) is 8.76. The van der Waals surface area contributed by atoms with Gasteiger partial charge in [0.25, 0.3) is 0 Å². The SMILES string of the molecule is CCNC(CC1CC2CCC1C2)C1CCCS1. The molecule has 0 spiro atoms. The Morgan fingerprint density at radius 2 is 2.18 bits per heavy atom. The molecule has 2 heteroatoms. The zero-order valence-electron chi connectivity index (χ0n) is 11.2. The molecule has 2 bridgehead atoms. The Labute approximate surface area is 111 Å². The van der Waals surface area contributed by atoms with Crippen LogP contribution >= 0.6 is 11.8 Å². The summed E-state index contributed by atoms with van der Waals surface area (Å²) in [7, 11) is 0. The largest absolute Gasteiger partial charge is 0.313 e. The van der Waals surface area contributed by atoms with Gasteiger partial charge in [-0.2, -0.15) is 11.8 Å². The van der Waals surface area contributed by atoms with Gasteiger partial charge in [0.1, 0.15) is 0 Å². The van der Waals surface area contributed by atoms with Gasteiger partial charge in [0.2, 0.25) is 0 Å². The number of rotatable bonds is 5. The fourth-order valence-corrected chi connectivity index (χ4v) is 5.95. The van der Waals surface area contributed by atoms with Crippen LogP contribution in [0.2, 0.25) is 0 Å². The number of hydrogen-bond acceptors (Lipinski definition) is 2. The quantitative estimate of drug-likeness (QED) is 0.802. The van der Waals surface area contributed by atoms with E-state index in [0.717, 1.165) is 35.6 Å². The zero-order chi connectivity index (χ0) is 11.7. The van der Waals surface area contributed by atoms with Crippen molar-refractivity contribution in [2.75, 3.05) is 12.3 Å². The van der Waals surface area contributed by atoms with Crippen molar-refractivity contribution in [3.8, 4) is 0 Å². The van der Waals surface area contributed by atoms with Gasteiger partial charge in [-0.15, -0.1) is 0 Å². The predicted octanol–water partition coefficient (Wildman–Crippen LogP) is 3.69. The Balaban J connectivity index is 1.56. The average molecular weight is 253 g/mol. The second kappa shape index (κ2) is 5.52. The molecule has 1 aliphatic heterocycles. The van der Waals surface area contributed by atoms with E-state index in [2.05, 4.69) is 24.0 Å². The third-order valence-electron chi connectivity index (χ3n) is 5.32. The molecule has 0 aromatic heterocycles. The van der Waals surface area contributed by atoms with Crippen molar-refractivity contribution in [2.45, 2.75) is 63.2 Å². The molecule has 0 radical (unpaired) electrons. The summed E-state index contributed by atoms with van der Waals surface area (Å²) in [5, 5.41) is 4.72. The van der Waals surface area contributed by atoms with E-state index in [9.17, 15) is 0 Å². The summed E-state index contributed by atoms with van der Waals surface area (Å²) in [6.07, 6.45) is 10.6. The fourth-order valence-electron chi connectivity index (χ4n) is 4.54. The van der Waals surface area contributed by atoms with Gasteiger partial charge in [0.15, 0.2) is 0 Å². The lowest BCUT2D eigenvalue weighted by Gasteiger charge is -2.30. The molecule has 0 aromatic rings. The van der Waals surface area contributed by atoms with Crippen LogP contribution in [0.1, 0.15) is 51.9 Å². The van der Waals surface area contributed by atoms with Crippen molar-refractivity contribution in [1.29, 1.82) is 0 Å². The van der Waals surface area contributed by atoms with Gasteiger partial charge in [0.05, 0.1) is 0 Å². The minimum Gasteiger partial charge on any atom is -0.313 e. The minimum absolute atomic E-state index is 0.817. The number of hydrogen-bond donors (Lipinski definition) is 1. The third kappa shape index (κ3) is 2.68. The Bertz CT molecular complexity index is 249. The number of nitrogens with one attached hydrogen (secondary N) is 1. The summed E-state index contributed by atoms with van der Waals surface area (Å²) in [6.45, 7) is 3.43. The molecule has 1 heterocycles. The molecule has 1 nitrogen and oxygen atoms in total. The predicted molar refractivity (Wildman–Crippen MR) is 76.5 cm³/mol. The van der Waals surface area contributed by atoms with E-state index in [1.807, 2.05) is 0 Å². The van der Waals surface area contributed by atoms with E-state index < -0.39 is 0 Å². The van der Waals surface area contributed by atoms with E-state index in [1.165, 1.54) is 25.0 Å². The summed E-state index contributed by atoms with van der Waals surface area (Å²) in [4.78, 5) is 0. The lowest BCUT2D eigenvalue weighted by Crippen LogP contribution is -2.39. The maximum atomic E-state index is 3.79. The van der Waals surface area contributed by atoms with E-state index >= 15 is 0 Å². The van der Waals surface area contributed by atoms with E-state index in [0.29, 0.717) is 0 Å². The summed E-state index contributed by atoms with van der Waals surface area (Å²) in [5.74, 6) is 4.69. The highest BCUT2D eigenvalue weighted by Gasteiger charge is 2.41. The normalized spacial score (nSPS) is 42.2. The molecule has 3 fully saturated rings. The minimum atomic E-state index is 0.817. The van der Waals surface area contributed by atoms with Crippen LogP contribution in [-0.4, -0.2) is 23.6 Å². The highest BCUT2D eigenvalue weighted by molar-refractivity contribution is 8.00. The molecule has 17 heavy (non-hydrogen) atoms. The molecule has 5 unspecified atom stereocenters. The van der Waals surface area contributed by atoms with Crippen LogP contribution in [0.4, 0.5) is 0 Å². The van der Waals surface area contributed by atoms with Crippen LogP contribution in [0, 0.1) is 17.8 Å². The first-order chi connectivity index (χ1) is 8.36. The van der Waals surface area contributed by atoms with Crippen LogP contribution in [0.5, 0.6) is 0 Å². The molecule has 1 N–H and O–H groups in total. The molecule has 2 saturated carbocycles. The Morgan fingerprint density at radius 1 is 1.24 bits per heavy atom. The van der Waals surface area contributed by atoms with E-state index in [4.69, 9.17) is 0 Å². The monoisotopic (exact) mass is 253 g/mol. The second-order valence-corrected chi connectivity index (χ2v) is 7.73. The van der Waals surface area contributed by atoms with Crippen LogP contribution in [0.25, 0.3) is 0 Å². The smallest absolute Gasteiger partial charge is 0.0201 e. The lowest BCUT2D eigenvalue weighted by atomic mass is 9.83. The topological polar surface area (TPSA) is 12.0 Å². The van der Waals surface area contributed by atoms with Gasteiger partial charge in [-0.1, -0.05) is 13.3 Å². The Morgan fingerprint density at radius 3 is 2.76 bits per heavy atom. The number of thioether (sulfide) groups is 1. The summed E-state index contributed by atoms with van der Waals surface area (Å²) in [6, 6.07) is 0.817. The zero-order valence-corrected chi connectivity index (χ0v) is 12.0. The van der Waals surface area contributed by atoms with Gasteiger partial charge >= 0.3 is 0 Å². The van der Waals surface area contributed by atoms with Crippen LogP contribution in [0.3, 0.4) is 0 Å². The van der Waals surface area contributed by atoms with Gasteiger partial charge in [-0.05, 0) is 68.6 Å². The molecular weight excluding hydrogens is 226 g/mol. The van der Waals surface area contributed by atoms with Crippen LogP contribution in [0.15, 0.2) is 0 Å². The van der Waals surface area contributed by atoms with Gasteiger partial charge in [-0.25, -0.2) is 0 Å². The molecule has 98 valence electrons.